The number of rotatable bonds is 17. The van der Waals surface area contributed by atoms with E-state index in [-0.39, 0.29) is 6.09 Å². The maximum Gasteiger partial charge on any atom is 0.412 e. The smallest absolute Gasteiger partial charge is 0.412 e. The van der Waals surface area contributed by atoms with E-state index in [1.54, 1.807) is 0 Å². The topological polar surface area (TPSA) is 47.6 Å². The minimum absolute atomic E-state index is 0.326. The first-order valence-electron chi connectivity index (χ1n) is 14.0. The van der Waals surface area contributed by atoms with E-state index in [0.29, 0.717) is 6.61 Å². The summed E-state index contributed by atoms with van der Waals surface area (Å²) in [6, 6.07) is 14.8. The van der Waals surface area contributed by atoms with Gasteiger partial charge < -0.3 is 9.47 Å². The van der Waals surface area contributed by atoms with Gasteiger partial charge in [0.05, 0.1) is 12.3 Å². The van der Waals surface area contributed by atoms with E-state index >= 15 is 0 Å². The highest BCUT2D eigenvalue weighted by Gasteiger charge is 2.41. The van der Waals surface area contributed by atoms with Gasteiger partial charge in [-0.15, -0.1) is 11.8 Å². The lowest BCUT2D eigenvalue weighted by Gasteiger charge is -2.39. The molecule has 0 saturated heterocycles. The van der Waals surface area contributed by atoms with E-state index in [1.165, 1.54) is 49.0 Å². The Bertz CT molecular complexity index is 916. The number of carbonyl (C=O) groups is 1. The zero-order valence-corrected chi connectivity index (χ0v) is 23.4. The molecule has 0 atom stereocenters. The van der Waals surface area contributed by atoms with Gasteiger partial charge in [0.25, 0.3) is 0 Å². The van der Waals surface area contributed by atoms with E-state index in [4.69, 9.17) is 9.47 Å². The molecule has 0 spiro atoms. The van der Waals surface area contributed by atoms with Crippen LogP contribution < -0.4 is 10.1 Å². The van der Waals surface area contributed by atoms with Crippen molar-refractivity contribution < 1.29 is 14.3 Å². The van der Waals surface area contributed by atoms with Crippen molar-refractivity contribution in [3.8, 4) is 5.75 Å². The SMILES string of the molecule is CCCCCCC1(CCCCCC)OC(=O)Nc2ccc(OCCCCSc3ccc(C)cc3)cc21. The molecule has 0 saturated carbocycles. The molecule has 1 N–H and O–H groups in total. The van der Waals surface area contributed by atoms with Crippen LogP contribution in [0.4, 0.5) is 10.5 Å². The molecule has 198 valence electrons. The Labute approximate surface area is 222 Å². The molecule has 0 fully saturated rings. The maximum absolute atomic E-state index is 12.5. The number of thioether (sulfide) groups is 1. The van der Waals surface area contributed by atoms with Gasteiger partial charge in [-0.1, -0.05) is 70.1 Å². The normalized spacial score (nSPS) is 14.1. The number of aryl methyl sites for hydroxylation is 1. The fraction of sp³-hybridized carbons (Fsp3) is 0.581. The molecule has 36 heavy (non-hydrogen) atoms. The summed E-state index contributed by atoms with van der Waals surface area (Å²) in [6.45, 7) is 7.27. The summed E-state index contributed by atoms with van der Waals surface area (Å²) in [5, 5.41) is 2.93. The van der Waals surface area contributed by atoms with Crippen molar-refractivity contribution in [2.45, 2.75) is 108 Å². The van der Waals surface area contributed by atoms with Crippen molar-refractivity contribution in [1.82, 2.24) is 0 Å². The highest BCUT2D eigenvalue weighted by molar-refractivity contribution is 7.99. The summed E-state index contributed by atoms with van der Waals surface area (Å²) in [4.78, 5) is 13.9. The van der Waals surface area contributed by atoms with Gasteiger partial charge in [-0.3, -0.25) is 5.32 Å². The summed E-state index contributed by atoms with van der Waals surface area (Å²) in [5.41, 5.74) is 2.71. The average Bonchev–Trinajstić information content (AvgIpc) is 2.88. The van der Waals surface area contributed by atoms with Crippen LogP contribution in [0, 0.1) is 6.92 Å². The molecule has 1 aliphatic rings. The van der Waals surface area contributed by atoms with Gasteiger partial charge in [0.2, 0.25) is 0 Å². The van der Waals surface area contributed by atoms with E-state index in [1.807, 2.05) is 23.9 Å². The second-order valence-corrected chi connectivity index (χ2v) is 11.2. The molecule has 0 unspecified atom stereocenters. The number of cyclic esters (lactones) is 1. The Morgan fingerprint density at radius 3 is 2.22 bits per heavy atom. The summed E-state index contributed by atoms with van der Waals surface area (Å²) >= 11 is 1.90. The van der Waals surface area contributed by atoms with Crippen molar-refractivity contribution in [2.24, 2.45) is 0 Å². The molecule has 5 heteroatoms. The first-order chi connectivity index (χ1) is 17.6. The Morgan fingerprint density at radius 2 is 1.56 bits per heavy atom. The second-order valence-electron chi connectivity index (χ2n) is 10.1. The number of ether oxygens (including phenoxy) is 2. The summed E-state index contributed by atoms with van der Waals surface area (Å²) in [7, 11) is 0. The third kappa shape index (κ3) is 8.76. The van der Waals surface area contributed by atoms with Crippen LogP contribution >= 0.6 is 11.8 Å². The minimum Gasteiger partial charge on any atom is -0.494 e. The molecule has 4 nitrogen and oxygen atoms in total. The van der Waals surface area contributed by atoms with Gasteiger partial charge in [0.1, 0.15) is 11.4 Å². The first-order valence-corrected chi connectivity index (χ1v) is 15.0. The largest absolute Gasteiger partial charge is 0.494 e. The van der Waals surface area contributed by atoms with Crippen LogP contribution in [-0.4, -0.2) is 18.5 Å². The molecule has 1 amide bonds. The van der Waals surface area contributed by atoms with E-state index in [9.17, 15) is 4.79 Å². The molecule has 0 aromatic heterocycles. The molecule has 1 heterocycles. The van der Waals surface area contributed by atoms with Gasteiger partial charge in [-0.2, -0.15) is 0 Å². The molecule has 0 radical (unpaired) electrons. The van der Waals surface area contributed by atoms with Crippen LogP contribution in [0.5, 0.6) is 5.75 Å². The van der Waals surface area contributed by atoms with Gasteiger partial charge >= 0.3 is 6.09 Å². The number of hydrogen-bond donors (Lipinski definition) is 1. The predicted molar refractivity (Wildman–Crippen MR) is 152 cm³/mol. The minimum atomic E-state index is -0.552. The molecule has 0 aliphatic carbocycles. The monoisotopic (exact) mass is 511 g/mol. The van der Waals surface area contributed by atoms with Crippen LogP contribution in [0.3, 0.4) is 0 Å². The molecule has 0 bridgehead atoms. The standard InChI is InChI=1S/C31H45NO3S/c1-4-6-8-10-20-31(21-11-9-7-5-2)28-24-26(16-19-29(28)32-30(33)35-31)34-22-12-13-23-36-27-17-14-25(3)15-18-27/h14-19,24H,4-13,20-23H2,1-3H3,(H,32,33). The first kappa shape index (κ1) is 28.4. The van der Waals surface area contributed by atoms with E-state index in [2.05, 4.69) is 56.4 Å². The lowest BCUT2D eigenvalue weighted by Crippen LogP contribution is -2.39. The zero-order valence-electron chi connectivity index (χ0n) is 22.6. The van der Waals surface area contributed by atoms with Gasteiger partial charge in [0, 0.05) is 10.5 Å². The van der Waals surface area contributed by atoms with Crippen molar-refractivity contribution in [3.63, 3.8) is 0 Å². The molecule has 3 rings (SSSR count). The molecular formula is C31H45NO3S. The number of carbonyl (C=O) groups excluding carboxylic acids is 1. The Hall–Kier alpha value is -2.14. The molecule has 2 aromatic carbocycles. The van der Waals surface area contributed by atoms with Crippen molar-refractivity contribution in [3.05, 3.63) is 53.6 Å². The fourth-order valence-electron chi connectivity index (χ4n) is 4.86. The molecule has 2 aromatic rings. The van der Waals surface area contributed by atoms with Crippen LogP contribution in [0.15, 0.2) is 47.4 Å². The Morgan fingerprint density at radius 1 is 0.861 bits per heavy atom. The number of unbranched alkanes of at least 4 members (excludes halogenated alkanes) is 7. The van der Waals surface area contributed by atoms with Crippen molar-refractivity contribution in [1.29, 1.82) is 0 Å². The van der Waals surface area contributed by atoms with Gasteiger partial charge in [-0.05, 0) is 81.5 Å². The van der Waals surface area contributed by atoms with Crippen LogP contribution in [0.2, 0.25) is 0 Å². The van der Waals surface area contributed by atoms with Crippen LogP contribution in [-0.2, 0) is 10.3 Å². The van der Waals surface area contributed by atoms with E-state index in [0.717, 1.165) is 61.3 Å². The van der Waals surface area contributed by atoms with Gasteiger partial charge in [-0.25, -0.2) is 4.79 Å². The molecule has 1 aliphatic heterocycles. The lowest BCUT2D eigenvalue weighted by molar-refractivity contribution is -0.00703. The Balaban J connectivity index is 1.60. The highest BCUT2D eigenvalue weighted by Crippen LogP contribution is 2.45. The summed E-state index contributed by atoms with van der Waals surface area (Å²) < 4.78 is 12.3. The number of amides is 1. The maximum atomic E-state index is 12.5. The van der Waals surface area contributed by atoms with Gasteiger partial charge in [0.15, 0.2) is 0 Å². The third-order valence-electron chi connectivity index (χ3n) is 6.97. The zero-order chi connectivity index (χ0) is 25.6. The lowest BCUT2D eigenvalue weighted by atomic mass is 9.81. The fourth-order valence-corrected chi connectivity index (χ4v) is 5.77. The summed E-state index contributed by atoms with van der Waals surface area (Å²) in [5.74, 6) is 1.96. The average molecular weight is 512 g/mol. The van der Waals surface area contributed by atoms with Crippen LogP contribution in [0.25, 0.3) is 0 Å². The van der Waals surface area contributed by atoms with E-state index < -0.39 is 5.60 Å². The number of anilines is 1. The number of hydrogen-bond acceptors (Lipinski definition) is 4. The van der Waals surface area contributed by atoms with Crippen molar-refractivity contribution >= 4 is 23.5 Å². The highest BCUT2D eigenvalue weighted by atomic mass is 32.2. The third-order valence-corrected chi connectivity index (χ3v) is 8.07. The summed E-state index contributed by atoms with van der Waals surface area (Å²) in [6.07, 6.45) is 12.9. The second kappa shape index (κ2) is 15.2. The number of nitrogens with one attached hydrogen (secondary N) is 1. The molecular weight excluding hydrogens is 466 g/mol. The number of fused-ring (bicyclic) bond motifs is 1. The number of benzene rings is 2. The predicted octanol–water partition coefficient (Wildman–Crippen LogP) is 9.64. The Kier molecular flexibility index (Phi) is 12.0. The van der Waals surface area contributed by atoms with Crippen LogP contribution in [0.1, 0.15) is 102 Å². The van der Waals surface area contributed by atoms with Crippen molar-refractivity contribution in [2.75, 3.05) is 17.7 Å². The quantitative estimate of drug-likeness (QED) is 0.170.